The maximum absolute atomic E-state index is 12.2. The van der Waals surface area contributed by atoms with Crippen molar-refractivity contribution in [3.05, 3.63) is 52.5 Å². The van der Waals surface area contributed by atoms with E-state index in [1.807, 2.05) is 13.0 Å². The number of amides is 1. The van der Waals surface area contributed by atoms with Crippen LogP contribution < -0.4 is 15.8 Å². The molecule has 0 aliphatic carbocycles. The number of aryl methyl sites for hydroxylation is 1. The van der Waals surface area contributed by atoms with E-state index < -0.39 is 0 Å². The average Bonchev–Trinajstić information content (AvgIpc) is 2.43. The molecule has 0 radical (unpaired) electrons. The zero-order valence-electron chi connectivity index (χ0n) is 11.2. The summed E-state index contributed by atoms with van der Waals surface area (Å²) in [4.78, 5) is 12.2. The van der Waals surface area contributed by atoms with E-state index in [-0.39, 0.29) is 5.91 Å². The van der Waals surface area contributed by atoms with Crippen molar-refractivity contribution < 1.29 is 9.53 Å². The first-order valence-corrected chi connectivity index (χ1v) is 6.40. The predicted octanol–water partition coefficient (Wildman–Crippen LogP) is 3.49. The Balaban J connectivity index is 2.26. The Morgan fingerprint density at radius 1 is 1.25 bits per heavy atom. The van der Waals surface area contributed by atoms with Crippen LogP contribution in [0.15, 0.2) is 36.4 Å². The number of nitrogens with two attached hydrogens (primary N) is 1. The maximum atomic E-state index is 12.2. The largest absolute Gasteiger partial charge is 0.495 e. The first-order chi connectivity index (χ1) is 9.51. The van der Waals surface area contributed by atoms with Crippen molar-refractivity contribution >= 4 is 28.9 Å². The number of methoxy groups -OCH3 is 1. The van der Waals surface area contributed by atoms with Gasteiger partial charge in [0.25, 0.3) is 5.91 Å². The van der Waals surface area contributed by atoms with E-state index >= 15 is 0 Å². The summed E-state index contributed by atoms with van der Waals surface area (Å²) < 4.78 is 5.10. The van der Waals surface area contributed by atoms with E-state index in [4.69, 9.17) is 22.1 Å². The summed E-state index contributed by atoms with van der Waals surface area (Å²) in [5.41, 5.74) is 8.29. The summed E-state index contributed by atoms with van der Waals surface area (Å²) in [6.45, 7) is 1.90. The Labute approximate surface area is 122 Å². The first kappa shape index (κ1) is 14.2. The standard InChI is InChI=1S/C15H15ClN2O2/c1-9-3-5-11(16)8-13(9)18-15(19)10-4-6-12(17)14(7-10)20-2/h3-8H,17H2,1-2H3,(H,18,19). The molecule has 5 heteroatoms. The number of hydrogen-bond acceptors (Lipinski definition) is 3. The Morgan fingerprint density at radius 3 is 2.70 bits per heavy atom. The third-order valence-corrected chi connectivity index (χ3v) is 3.18. The number of benzene rings is 2. The van der Waals surface area contributed by atoms with Crippen LogP contribution in [-0.2, 0) is 0 Å². The molecule has 0 saturated carbocycles. The quantitative estimate of drug-likeness (QED) is 0.851. The Morgan fingerprint density at radius 2 is 2.00 bits per heavy atom. The van der Waals surface area contributed by atoms with Crippen molar-refractivity contribution in [2.24, 2.45) is 0 Å². The fraction of sp³-hybridized carbons (Fsp3) is 0.133. The van der Waals surface area contributed by atoms with Gasteiger partial charge in [0.15, 0.2) is 0 Å². The summed E-state index contributed by atoms with van der Waals surface area (Å²) >= 11 is 5.93. The molecule has 2 rings (SSSR count). The molecule has 0 aliphatic heterocycles. The fourth-order valence-electron chi connectivity index (χ4n) is 1.78. The maximum Gasteiger partial charge on any atom is 0.255 e. The number of halogens is 1. The molecule has 20 heavy (non-hydrogen) atoms. The van der Waals surface area contributed by atoms with E-state index in [0.29, 0.717) is 27.7 Å². The van der Waals surface area contributed by atoms with E-state index in [1.165, 1.54) is 7.11 Å². The van der Waals surface area contributed by atoms with Gasteiger partial charge in [0.1, 0.15) is 5.75 Å². The van der Waals surface area contributed by atoms with Crippen LogP contribution in [0, 0.1) is 6.92 Å². The average molecular weight is 291 g/mol. The number of nitrogen functional groups attached to an aromatic ring is 1. The Kier molecular flexibility index (Phi) is 4.15. The highest BCUT2D eigenvalue weighted by Crippen LogP contribution is 2.24. The molecule has 0 fully saturated rings. The second kappa shape index (κ2) is 5.84. The summed E-state index contributed by atoms with van der Waals surface area (Å²) in [6.07, 6.45) is 0. The first-order valence-electron chi connectivity index (χ1n) is 6.02. The van der Waals surface area contributed by atoms with Crippen LogP contribution in [0.2, 0.25) is 5.02 Å². The molecule has 0 aliphatic rings. The van der Waals surface area contributed by atoms with Gasteiger partial charge in [0, 0.05) is 16.3 Å². The SMILES string of the molecule is COc1cc(C(=O)Nc2cc(Cl)ccc2C)ccc1N. The van der Waals surface area contributed by atoms with Crippen LogP contribution in [0.3, 0.4) is 0 Å². The third-order valence-electron chi connectivity index (χ3n) is 2.94. The minimum Gasteiger partial charge on any atom is -0.495 e. The Bertz CT molecular complexity index is 656. The molecule has 0 spiro atoms. The van der Waals surface area contributed by atoms with Gasteiger partial charge in [-0.25, -0.2) is 0 Å². The molecule has 104 valence electrons. The smallest absolute Gasteiger partial charge is 0.255 e. The van der Waals surface area contributed by atoms with Crippen molar-refractivity contribution in [3.8, 4) is 5.75 Å². The van der Waals surface area contributed by atoms with Crippen LogP contribution in [0.4, 0.5) is 11.4 Å². The lowest BCUT2D eigenvalue weighted by molar-refractivity contribution is 0.102. The van der Waals surface area contributed by atoms with Crippen LogP contribution in [0.1, 0.15) is 15.9 Å². The zero-order chi connectivity index (χ0) is 14.7. The van der Waals surface area contributed by atoms with Crippen LogP contribution in [0.25, 0.3) is 0 Å². The molecule has 0 aromatic heterocycles. The second-order valence-electron chi connectivity index (χ2n) is 4.37. The summed E-state index contributed by atoms with van der Waals surface area (Å²) in [5.74, 6) is 0.231. The number of carbonyl (C=O) groups is 1. The predicted molar refractivity (Wildman–Crippen MR) is 81.5 cm³/mol. The molecular weight excluding hydrogens is 276 g/mol. The number of nitrogens with one attached hydrogen (secondary N) is 1. The van der Waals surface area contributed by atoms with Gasteiger partial charge >= 0.3 is 0 Å². The number of rotatable bonds is 3. The molecule has 4 nitrogen and oxygen atoms in total. The summed E-state index contributed by atoms with van der Waals surface area (Å²) in [6, 6.07) is 10.2. The number of anilines is 2. The Hall–Kier alpha value is -2.20. The molecule has 3 N–H and O–H groups in total. The van der Waals surface area contributed by atoms with Gasteiger partial charge in [-0.05, 0) is 42.8 Å². The zero-order valence-corrected chi connectivity index (χ0v) is 12.0. The van der Waals surface area contributed by atoms with Gasteiger partial charge in [-0.2, -0.15) is 0 Å². The van der Waals surface area contributed by atoms with Crippen LogP contribution in [-0.4, -0.2) is 13.0 Å². The number of ether oxygens (including phenoxy) is 1. The molecular formula is C15H15ClN2O2. The van der Waals surface area contributed by atoms with E-state index in [0.717, 1.165) is 5.56 Å². The molecule has 2 aromatic rings. The molecule has 1 amide bonds. The van der Waals surface area contributed by atoms with Gasteiger partial charge in [-0.3, -0.25) is 4.79 Å². The molecule has 0 saturated heterocycles. The van der Waals surface area contributed by atoms with Gasteiger partial charge in [-0.1, -0.05) is 17.7 Å². The van der Waals surface area contributed by atoms with Crippen molar-refractivity contribution in [2.45, 2.75) is 6.92 Å². The van der Waals surface area contributed by atoms with Gasteiger partial charge in [-0.15, -0.1) is 0 Å². The molecule has 0 unspecified atom stereocenters. The highest BCUT2D eigenvalue weighted by molar-refractivity contribution is 6.31. The van der Waals surface area contributed by atoms with Crippen molar-refractivity contribution in [1.82, 2.24) is 0 Å². The topological polar surface area (TPSA) is 64.3 Å². The minimum absolute atomic E-state index is 0.242. The fourth-order valence-corrected chi connectivity index (χ4v) is 1.95. The molecule has 0 bridgehead atoms. The van der Waals surface area contributed by atoms with Gasteiger partial charge in [0.2, 0.25) is 0 Å². The molecule has 0 atom stereocenters. The monoisotopic (exact) mass is 290 g/mol. The third kappa shape index (κ3) is 3.03. The van der Waals surface area contributed by atoms with E-state index in [9.17, 15) is 4.79 Å². The normalized spacial score (nSPS) is 10.2. The van der Waals surface area contributed by atoms with Crippen LogP contribution in [0.5, 0.6) is 5.75 Å². The number of hydrogen-bond donors (Lipinski definition) is 2. The van der Waals surface area contributed by atoms with E-state index in [2.05, 4.69) is 5.32 Å². The lowest BCUT2D eigenvalue weighted by atomic mass is 10.1. The van der Waals surface area contributed by atoms with Crippen molar-refractivity contribution in [2.75, 3.05) is 18.2 Å². The minimum atomic E-state index is -0.242. The highest BCUT2D eigenvalue weighted by atomic mass is 35.5. The van der Waals surface area contributed by atoms with Crippen LogP contribution >= 0.6 is 11.6 Å². The van der Waals surface area contributed by atoms with Gasteiger partial charge in [0.05, 0.1) is 12.8 Å². The second-order valence-corrected chi connectivity index (χ2v) is 4.81. The van der Waals surface area contributed by atoms with E-state index in [1.54, 1.807) is 30.3 Å². The van der Waals surface area contributed by atoms with Crippen molar-refractivity contribution in [1.29, 1.82) is 0 Å². The lowest BCUT2D eigenvalue weighted by Gasteiger charge is -2.10. The summed E-state index contributed by atoms with van der Waals surface area (Å²) in [5, 5.41) is 3.39. The highest BCUT2D eigenvalue weighted by Gasteiger charge is 2.10. The molecule has 2 aromatic carbocycles. The van der Waals surface area contributed by atoms with Gasteiger partial charge < -0.3 is 15.8 Å². The summed E-state index contributed by atoms with van der Waals surface area (Å²) in [7, 11) is 1.51. The lowest BCUT2D eigenvalue weighted by Crippen LogP contribution is -2.13. The molecule has 0 heterocycles. The number of carbonyl (C=O) groups excluding carboxylic acids is 1. The van der Waals surface area contributed by atoms with Crippen molar-refractivity contribution in [3.63, 3.8) is 0 Å².